The number of halogens is 1. The zero-order valence-corrected chi connectivity index (χ0v) is 15.2. The number of benzene rings is 2. The number of hydrogen-bond acceptors (Lipinski definition) is 3. The number of ether oxygens (including phenoxy) is 1. The highest BCUT2D eigenvalue weighted by molar-refractivity contribution is 6.30. The van der Waals surface area contributed by atoms with Gasteiger partial charge >= 0.3 is 0 Å². The molecule has 0 spiro atoms. The molecule has 0 aliphatic heterocycles. The Morgan fingerprint density at radius 1 is 1.12 bits per heavy atom. The lowest BCUT2D eigenvalue weighted by molar-refractivity contribution is -0.122. The fourth-order valence-corrected chi connectivity index (χ4v) is 2.21. The van der Waals surface area contributed by atoms with Gasteiger partial charge in [-0.3, -0.25) is 9.59 Å². The van der Waals surface area contributed by atoms with Crippen LogP contribution in [0.1, 0.15) is 25.8 Å². The number of anilines is 2. The van der Waals surface area contributed by atoms with Crippen LogP contribution in [0.15, 0.2) is 42.5 Å². The van der Waals surface area contributed by atoms with Crippen LogP contribution in [0.3, 0.4) is 0 Å². The Bertz CT molecular complexity index is 760. The minimum absolute atomic E-state index is 0.0778. The molecular formula is C19H21ClN2O3. The predicted molar refractivity (Wildman–Crippen MR) is 100 cm³/mol. The quantitative estimate of drug-likeness (QED) is 0.802. The molecule has 2 N–H and O–H groups in total. The summed E-state index contributed by atoms with van der Waals surface area (Å²) in [6.45, 7) is 5.34. The van der Waals surface area contributed by atoms with Crippen LogP contribution in [0.25, 0.3) is 0 Å². The van der Waals surface area contributed by atoms with Gasteiger partial charge in [-0.25, -0.2) is 0 Å². The van der Waals surface area contributed by atoms with Crippen LogP contribution < -0.4 is 15.4 Å². The van der Waals surface area contributed by atoms with Crippen molar-refractivity contribution >= 4 is 34.8 Å². The van der Waals surface area contributed by atoms with E-state index in [9.17, 15) is 9.59 Å². The van der Waals surface area contributed by atoms with Crippen molar-refractivity contribution in [1.29, 1.82) is 0 Å². The van der Waals surface area contributed by atoms with Gasteiger partial charge in [0.2, 0.25) is 5.91 Å². The normalized spacial score (nSPS) is 11.5. The highest BCUT2D eigenvalue weighted by atomic mass is 35.5. The Kier molecular flexibility index (Phi) is 6.42. The lowest BCUT2D eigenvalue weighted by atomic mass is 10.1. The molecule has 5 nitrogen and oxygen atoms in total. The second-order valence-corrected chi connectivity index (χ2v) is 6.07. The molecule has 6 heteroatoms. The third kappa shape index (κ3) is 5.50. The summed E-state index contributed by atoms with van der Waals surface area (Å²) < 4.78 is 5.60. The van der Waals surface area contributed by atoms with Crippen molar-refractivity contribution in [2.24, 2.45) is 0 Å². The molecule has 0 heterocycles. The Morgan fingerprint density at radius 2 is 1.80 bits per heavy atom. The van der Waals surface area contributed by atoms with Crippen molar-refractivity contribution in [2.75, 3.05) is 10.6 Å². The van der Waals surface area contributed by atoms with E-state index < -0.39 is 6.10 Å². The molecule has 132 valence electrons. The minimum Gasteiger partial charge on any atom is -0.481 e. The summed E-state index contributed by atoms with van der Waals surface area (Å²) in [4.78, 5) is 23.9. The van der Waals surface area contributed by atoms with E-state index in [4.69, 9.17) is 16.3 Å². The smallest absolute Gasteiger partial charge is 0.265 e. The van der Waals surface area contributed by atoms with Crippen molar-refractivity contribution in [1.82, 2.24) is 0 Å². The first-order chi connectivity index (χ1) is 11.9. The predicted octanol–water partition coefficient (Wildman–Crippen LogP) is 4.40. The van der Waals surface area contributed by atoms with E-state index in [1.807, 2.05) is 13.0 Å². The third-order valence-electron chi connectivity index (χ3n) is 3.60. The maximum atomic E-state index is 12.3. The molecule has 0 aromatic heterocycles. The average molecular weight is 361 g/mol. The second kappa shape index (κ2) is 8.53. The number of aryl methyl sites for hydroxylation is 1. The summed E-state index contributed by atoms with van der Waals surface area (Å²) in [5.41, 5.74) is 2.19. The molecule has 1 atom stereocenters. The van der Waals surface area contributed by atoms with Crippen LogP contribution in [0, 0.1) is 6.92 Å². The van der Waals surface area contributed by atoms with Crippen LogP contribution >= 0.6 is 11.6 Å². The minimum atomic E-state index is -0.684. The average Bonchev–Trinajstić information content (AvgIpc) is 2.59. The van der Waals surface area contributed by atoms with E-state index in [1.54, 1.807) is 50.2 Å². The van der Waals surface area contributed by atoms with E-state index in [0.29, 0.717) is 28.6 Å². The van der Waals surface area contributed by atoms with Crippen molar-refractivity contribution < 1.29 is 14.3 Å². The zero-order chi connectivity index (χ0) is 18.4. The van der Waals surface area contributed by atoms with E-state index in [2.05, 4.69) is 10.6 Å². The van der Waals surface area contributed by atoms with Gasteiger partial charge in [0, 0.05) is 22.8 Å². The van der Waals surface area contributed by atoms with Crippen molar-refractivity contribution in [3.8, 4) is 5.75 Å². The molecule has 0 saturated carbocycles. The topological polar surface area (TPSA) is 67.4 Å². The number of nitrogens with one attached hydrogen (secondary N) is 2. The van der Waals surface area contributed by atoms with Crippen molar-refractivity contribution in [3.05, 3.63) is 53.1 Å². The summed E-state index contributed by atoms with van der Waals surface area (Å²) in [6, 6.07) is 12.2. The first-order valence-corrected chi connectivity index (χ1v) is 8.40. The van der Waals surface area contributed by atoms with Gasteiger partial charge < -0.3 is 15.4 Å². The van der Waals surface area contributed by atoms with Crippen molar-refractivity contribution in [3.63, 3.8) is 0 Å². The van der Waals surface area contributed by atoms with Crippen molar-refractivity contribution in [2.45, 2.75) is 33.3 Å². The molecule has 0 fully saturated rings. The second-order valence-electron chi connectivity index (χ2n) is 5.63. The summed E-state index contributed by atoms with van der Waals surface area (Å²) in [5, 5.41) is 6.21. The molecule has 1 unspecified atom stereocenters. The van der Waals surface area contributed by atoms with Gasteiger partial charge in [0.25, 0.3) is 5.91 Å². The van der Waals surface area contributed by atoms with Gasteiger partial charge in [0.1, 0.15) is 5.75 Å². The fraction of sp³-hybridized carbons (Fsp3) is 0.263. The van der Waals surface area contributed by atoms with E-state index in [-0.39, 0.29) is 11.8 Å². The maximum absolute atomic E-state index is 12.3. The third-order valence-corrected chi connectivity index (χ3v) is 3.85. The summed E-state index contributed by atoms with van der Waals surface area (Å²) in [5.74, 6) is 0.199. The molecule has 2 amide bonds. The first-order valence-electron chi connectivity index (χ1n) is 8.02. The molecule has 0 aliphatic carbocycles. The van der Waals surface area contributed by atoms with E-state index >= 15 is 0 Å². The van der Waals surface area contributed by atoms with Gasteiger partial charge in [-0.1, -0.05) is 24.6 Å². The fourth-order valence-electron chi connectivity index (χ4n) is 2.09. The largest absolute Gasteiger partial charge is 0.481 e. The Balaban J connectivity index is 2.02. The van der Waals surface area contributed by atoms with Crippen LogP contribution in [0.4, 0.5) is 11.4 Å². The highest BCUT2D eigenvalue weighted by Crippen LogP contribution is 2.21. The number of carbonyl (C=O) groups is 2. The summed E-state index contributed by atoms with van der Waals surface area (Å²) in [7, 11) is 0. The number of rotatable bonds is 6. The number of carbonyl (C=O) groups excluding carboxylic acids is 2. The van der Waals surface area contributed by atoms with Gasteiger partial charge in [0.15, 0.2) is 6.10 Å². The molecule has 2 aromatic carbocycles. The Hall–Kier alpha value is -2.53. The number of amides is 2. The Labute approximate surface area is 152 Å². The standard InChI is InChI=1S/C19H21ClN2O3/c1-4-18(23)22-17-11-15(8-5-12(17)2)21-19(24)13(3)25-16-9-6-14(20)7-10-16/h5-11,13H,4H2,1-3H3,(H,21,24)(H,22,23). The maximum Gasteiger partial charge on any atom is 0.265 e. The Morgan fingerprint density at radius 3 is 2.44 bits per heavy atom. The first kappa shape index (κ1) is 18.8. The van der Waals surface area contributed by atoms with Gasteiger partial charge in [-0.2, -0.15) is 0 Å². The van der Waals surface area contributed by atoms with Gasteiger partial charge in [-0.05, 0) is 55.8 Å². The molecule has 0 aliphatic rings. The molecule has 2 rings (SSSR count). The van der Waals surface area contributed by atoms with Gasteiger partial charge in [0.05, 0.1) is 0 Å². The van der Waals surface area contributed by atoms with Crippen LogP contribution in [-0.4, -0.2) is 17.9 Å². The SMILES string of the molecule is CCC(=O)Nc1cc(NC(=O)C(C)Oc2ccc(Cl)cc2)ccc1C. The monoisotopic (exact) mass is 360 g/mol. The molecule has 25 heavy (non-hydrogen) atoms. The summed E-state index contributed by atoms with van der Waals surface area (Å²) in [6.07, 6.45) is -0.293. The van der Waals surface area contributed by atoms with Crippen LogP contribution in [0.2, 0.25) is 5.02 Å². The number of hydrogen-bond donors (Lipinski definition) is 2. The lowest BCUT2D eigenvalue weighted by Crippen LogP contribution is -2.30. The molecule has 0 bridgehead atoms. The zero-order valence-electron chi connectivity index (χ0n) is 14.4. The molecule has 0 radical (unpaired) electrons. The molecule has 0 saturated heterocycles. The molecule has 2 aromatic rings. The van der Waals surface area contributed by atoms with E-state index in [1.165, 1.54) is 0 Å². The summed E-state index contributed by atoms with van der Waals surface area (Å²) >= 11 is 5.83. The van der Waals surface area contributed by atoms with Crippen LogP contribution in [0.5, 0.6) is 5.75 Å². The van der Waals surface area contributed by atoms with E-state index in [0.717, 1.165) is 5.56 Å². The van der Waals surface area contributed by atoms with Gasteiger partial charge in [-0.15, -0.1) is 0 Å². The lowest BCUT2D eigenvalue weighted by Gasteiger charge is -2.16. The molecular weight excluding hydrogens is 340 g/mol. The van der Waals surface area contributed by atoms with Crippen LogP contribution in [-0.2, 0) is 9.59 Å². The highest BCUT2D eigenvalue weighted by Gasteiger charge is 2.15.